The molecule has 8 heteroatoms. The molecule has 68 valence electrons. The summed E-state index contributed by atoms with van der Waals surface area (Å²) in [5, 5.41) is 22.9. The number of rotatable bonds is 3. The van der Waals surface area contributed by atoms with Crippen LogP contribution in [0.15, 0.2) is 0 Å². The summed E-state index contributed by atoms with van der Waals surface area (Å²) in [6.45, 7) is 0. The van der Waals surface area contributed by atoms with Gasteiger partial charge >= 0.3 is 0 Å². The molecule has 13 heavy (non-hydrogen) atoms. The summed E-state index contributed by atoms with van der Waals surface area (Å²) >= 11 is 0. The lowest BCUT2D eigenvalue weighted by Gasteiger charge is -2.04. The number of nitrogens with zero attached hydrogens (tertiary/aromatic N) is 4. The molecule has 0 unspecified atom stereocenters. The summed E-state index contributed by atoms with van der Waals surface area (Å²) in [7, 11) is 0. The molecular formula is C5H7N7O. The first-order valence-corrected chi connectivity index (χ1v) is 3.41. The van der Waals surface area contributed by atoms with E-state index in [1.54, 1.807) is 6.07 Å². The Hall–Kier alpha value is -2.01. The first-order chi connectivity index (χ1) is 6.24. The molecule has 1 atom stereocenters. The van der Waals surface area contributed by atoms with Crippen LogP contribution in [0.5, 0.6) is 0 Å². The number of nitriles is 1. The minimum absolute atomic E-state index is 0.0402. The standard InChI is InChI=1S/C5H7N7O/c6-2-1-3(7)4(13)8-5-9-11-12-10-5/h3H,1,7H2,(H2,8,9,10,11,12,13)/t3-/m0/s1. The SMILES string of the molecule is N#CC[C@H](N)C(=O)Nc1nn[nH]n1. The molecule has 0 radical (unpaired) electrons. The van der Waals surface area contributed by atoms with E-state index in [1.165, 1.54) is 0 Å². The van der Waals surface area contributed by atoms with Gasteiger partial charge in [0.25, 0.3) is 5.95 Å². The van der Waals surface area contributed by atoms with Gasteiger partial charge in [0.05, 0.1) is 18.5 Å². The predicted molar refractivity (Wildman–Crippen MR) is 41.0 cm³/mol. The van der Waals surface area contributed by atoms with E-state index >= 15 is 0 Å². The number of hydrogen-bond acceptors (Lipinski definition) is 6. The molecule has 0 fully saturated rings. The van der Waals surface area contributed by atoms with Crippen LogP contribution in [0.25, 0.3) is 0 Å². The molecule has 0 spiro atoms. The molecule has 0 aromatic carbocycles. The van der Waals surface area contributed by atoms with Gasteiger partial charge in [-0.3, -0.25) is 10.1 Å². The molecule has 0 saturated carbocycles. The molecule has 1 aromatic rings. The van der Waals surface area contributed by atoms with Gasteiger partial charge in [-0.2, -0.15) is 10.5 Å². The first-order valence-electron chi connectivity index (χ1n) is 3.41. The lowest BCUT2D eigenvalue weighted by atomic mass is 10.2. The Bertz CT molecular complexity index is 312. The fraction of sp³-hybridized carbons (Fsp3) is 0.400. The Morgan fingerprint density at radius 3 is 3.15 bits per heavy atom. The molecule has 0 bridgehead atoms. The molecule has 0 aliphatic heterocycles. The smallest absolute Gasteiger partial charge is 0.269 e. The first kappa shape index (κ1) is 9.08. The van der Waals surface area contributed by atoms with Crippen molar-refractivity contribution in [2.45, 2.75) is 12.5 Å². The zero-order valence-electron chi connectivity index (χ0n) is 6.56. The van der Waals surface area contributed by atoms with Crippen molar-refractivity contribution >= 4 is 11.9 Å². The van der Waals surface area contributed by atoms with E-state index in [0.717, 1.165) is 0 Å². The number of aromatic amines is 1. The molecule has 0 saturated heterocycles. The third-order valence-electron chi connectivity index (χ3n) is 1.23. The zero-order chi connectivity index (χ0) is 9.68. The number of hydrogen-bond donors (Lipinski definition) is 3. The average Bonchev–Trinajstić information content (AvgIpc) is 2.57. The van der Waals surface area contributed by atoms with Crippen LogP contribution in [0.4, 0.5) is 5.95 Å². The number of nitrogens with one attached hydrogen (secondary N) is 2. The third-order valence-corrected chi connectivity index (χ3v) is 1.23. The molecule has 0 aliphatic carbocycles. The van der Waals surface area contributed by atoms with Crippen LogP contribution in [-0.4, -0.2) is 32.6 Å². The molecular weight excluding hydrogens is 174 g/mol. The van der Waals surface area contributed by atoms with E-state index < -0.39 is 11.9 Å². The Kier molecular flexibility index (Phi) is 2.88. The van der Waals surface area contributed by atoms with Gasteiger partial charge in [0.1, 0.15) is 0 Å². The number of H-pyrrole nitrogens is 1. The number of aromatic nitrogens is 4. The second kappa shape index (κ2) is 4.13. The van der Waals surface area contributed by atoms with Gasteiger partial charge < -0.3 is 5.73 Å². The lowest BCUT2D eigenvalue weighted by molar-refractivity contribution is -0.117. The number of anilines is 1. The zero-order valence-corrected chi connectivity index (χ0v) is 6.56. The van der Waals surface area contributed by atoms with E-state index in [1.807, 2.05) is 0 Å². The van der Waals surface area contributed by atoms with Gasteiger partial charge in [-0.15, -0.1) is 5.10 Å². The van der Waals surface area contributed by atoms with E-state index in [9.17, 15) is 4.79 Å². The molecule has 1 rings (SSSR count). The van der Waals surface area contributed by atoms with Gasteiger partial charge in [0.2, 0.25) is 5.91 Å². The topological polar surface area (TPSA) is 133 Å². The van der Waals surface area contributed by atoms with Crippen molar-refractivity contribution in [2.75, 3.05) is 5.32 Å². The highest BCUT2D eigenvalue weighted by Crippen LogP contribution is 1.94. The molecule has 8 nitrogen and oxygen atoms in total. The summed E-state index contributed by atoms with van der Waals surface area (Å²) in [5.74, 6) is -0.471. The van der Waals surface area contributed by atoms with Crippen molar-refractivity contribution in [3.05, 3.63) is 0 Å². The van der Waals surface area contributed by atoms with Gasteiger partial charge in [-0.1, -0.05) is 5.10 Å². The Balaban J connectivity index is 2.47. The van der Waals surface area contributed by atoms with Crippen LogP contribution < -0.4 is 11.1 Å². The largest absolute Gasteiger partial charge is 0.319 e. The van der Waals surface area contributed by atoms with Crippen LogP contribution in [0.2, 0.25) is 0 Å². The third kappa shape index (κ3) is 2.49. The van der Waals surface area contributed by atoms with Crippen molar-refractivity contribution < 1.29 is 4.79 Å². The van der Waals surface area contributed by atoms with E-state index in [-0.39, 0.29) is 12.4 Å². The maximum absolute atomic E-state index is 11.1. The molecule has 1 heterocycles. The minimum atomic E-state index is -0.872. The maximum Gasteiger partial charge on any atom is 0.269 e. The summed E-state index contributed by atoms with van der Waals surface area (Å²) in [4.78, 5) is 11.1. The summed E-state index contributed by atoms with van der Waals surface area (Å²) in [6, 6.07) is 0.906. The lowest BCUT2D eigenvalue weighted by Crippen LogP contribution is -2.35. The van der Waals surface area contributed by atoms with E-state index in [4.69, 9.17) is 11.0 Å². The molecule has 1 amide bonds. The second-order valence-corrected chi connectivity index (χ2v) is 2.19. The Labute approximate surface area is 73.1 Å². The van der Waals surface area contributed by atoms with Crippen LogP contribution in [-0.2, 0) is 4.79 Å². The van der Waals surface area contributed by atoms with Crippen LogP contribution >= 0.6 is 0 Å². The van der Waals surface area contributed by atoms with Crippen molar-refractivity contribution in [3.63, 3.8) is 0 Å². The van der Waals surface area contributed by atoms with Crippen molar-refractivity contribution in [2.24, 2.45) is 5.73 Å². The number of carbonyl (C=O) groups excluding carboxylic acids is 1. The highest BCUT2D eigenvalue weighted by molar-refractivity contribution is 5.93. The van der Waals surface area contributed by atoms with Gasteiger partial charge in [0.15, 0.2) is 0 Å². The monoisotopic (exact) mass is 181 g/mol. The molecule has 1 aromatic heterocycles. The number of amides is 1. The van der Waals surface area contributed by atoms with Crippen molar-refractivity contribution in [3.8, 4) is 6.07 Å². The number of nitrogens with two attached hydrogens (primary N) is 1. The Morgan fingerprint density at radius 1 is 1.85 bits per heavy atom. The summed E-state index contributed by atoms with van der Waals surface area (Å²) < 4.78 is 0. The van der Waals surface area contributed by atoms with Crippen LogP contribution in [0.3, 0.4) is 0 Å². The normalized spacial score (nSPS) is 11.7. The average molecular weight is 181 g/mol. The van der Waals surface area contributed by atoms with Crippen molar-refractivity contribution in [1.82, 2.24) is 20.6 Å². The number of tetrazole rings is 1. The quantitative estimate of drug-likeness (QED) is 0.513. The summed E-state index contributed by atoms with van der Waals surface area (Å²) in [6.07, 6.45) is -0.0519. The minimum Gasteiger partial charge on any atom is -0.319 e. The Morgan fingerprint density at radius 2 is 2.62 bits per heavy atom. The number of carbonyl (C=O) groups is 1. The van der Waals surface area contributed by atoms with E-state index in [0.29, 0.717) is 0 Å². The highest BCUT2D eigenvalue weighted by Gasteiger charge is 2.14. The summed E-state index contributed by atoms with van der Waals surface area (Å²) in [5.41, 5.74) is 5.32. The molecule has 0 aliphatic rings. The maximum atomic E-state index is 11.1. The second-order valence-electron chi connectivity index (χ2n) is 2.19. The van der Waals surface area contributed by atoms with Gasteiger partial charge in [-0.25, -0.2) is 0 Å². The van der Waals surface area contributed by atoms with Gasteiger partial charge in [-0.05, 0) is 5.21 Å². The van der Waals surface area contributed by atoms with Crippen molar-refractivity contribution in [1.29, 1.82) is 5.26 Å². The highest BCUT2D eigenvalue weighted by atomic mass is 16.2. The van der Waals surface area contributed by atoms with Crippen LogP contribution in [0.1, 0.15) is 6.42 Å². The van der Waals surface area contributed by atoms with E-state index in [2.05, 4.69) is 25.9 Å². The predicted octanol–water partition coefficient (Wildman–Crippen LogP) is -1.62. The van der Waals surface area contributed by atoms with Crippen LogP contribution in [0, 0.1) is 11.3 Å². The van der Waals surface area contributed by atoms with Gasteiger partial charge in [0, 0.05) is 0 Å². The fourth-order valence-corrected chi connectivity index (χ4v) is 0.609. The molecule has 4 N–H and O–H groups in total. The fourth-order valence-electron chi connectivity index (χ4n) is 0.609.